The van der Waals surface area contributed by atoms with Crippen LogP contribution in [0, 0.1) is 6.92 Å². The van der Waals surface area contributed by atoms with Gasteiger partial charge in [-0.05, 0) is 25.0 Å². The number of hydrogen-bond donors (Lipinski definition) is 1. The Labute approximate surface area is 113 Å². The molecule has 98 valence electrons. The fourth-order valence-corrected chi connectivity index (χ4v) is 2.45. The van der Waals surface area contributed by atoms with Crippen LogP contribution in [-0.4, -0.2) is 18.1 Å². The highest BCUT2D eigenvalue weighted by Gasteiger charge is 2.38. The Morgan fingerprint density at radius 2 is 2.05 bits per heavy atom. The summed E-state index contributed by atoms with van der Waals surface area (Å²) in [6.45, 7) is 1.99. The first-order chi connectivity index (χ1) is 9.28. The van der Waals surface area contributed by atoms with Gasteiger partial charge in [-0.2, -0.15) is 0 Å². The number of ether oxygens (including phenoxy) is 1. The van der Waals surface area contributed by atoms with Crippen LogP contribution in [0.3, 0.4) is 0 Å². The third-order valence-electron chi connectivity index (χ3n) is 3.58. The number of nitrogens with one attached hydrogen (secondary N) is 1. The van der Waals surface area contributed by atoms with Gasteiger partial charge in [-0.3, -0.25) is 4.98 Å². The lowest BCUT2D eigenvalue weighted by atomic mass is 10.1. The van der Waals surface area contributed by atoms with Crippen molar-refractivity contribution in [3.63, 3.8) is 0 Å². The summed E-state index contributed by atoms with van der Waals surface area (Å²) in [7, 11) is 1.68. The summed E-state index contributed by atoms with van der Waals surface area (Å²) in [6.07, 6.45) is 2.95. The standard InChI is InChI=1S/C16H18N2O/c1-11-8-15(16(19-2)10-17-11)18-14-9-13(14)12-6-4-3-5-7-12/h3-8,10,13-14H,9H2,1-2H3,(H,17,18). The number of hydrogen-bond acceptors (Lipinski definition) is 3. The number of aromatic nitrogens is 1. The van der Waals surface area contributed by atoms with E-state index in [9.17, 15) is 0 Å². The predicted molar refractivity (Wildman–Crippen MR) is 76.7 cm³/mol. The van der Waals surface area contributed by atoms with Crippen LogP contribution < -0.4 is 10.1 Å². The molecular formula is C16H18N2O. The largest absolute Gasteiger partial charge is 0.493 e. The van der Waals surface area contributed by atoms with Crippen LogP contribution in [0.25, 0.3) is 0 Å². The summed E-state index contributed by atoms with van der Waals surface area (Å²) >= 11 is 0. The third kappa shape index (κ3) is 2.55. The van der Waals surface area contributed by atoms with E-state index in [0.29, 0.717) is 12.0 Å². The van der Waals surface area contributed by atoms with Crippen molar-refractivity contribution in [1.29, 1.82) is 0 Å². The quantitative estimate of drug-likeness (QED) is 0.908. The van der Waals surface area contributed by atoms with Gasteiger partial charge in [-0.25, -0.2) is 0 Å². The summed E-state index contributed by atoms with van der Waals surface area (Å²) < 4.78 is 5.34. The van der Waals surface area contributed by atoms with E-state index in [2.05, 4.69) is 40.6 Å². The van der Waals surface area contributed by atoms with Gasteiger partial charge in [-0.1, -0.05) is 30.3 Å². The molecule has 0 amide bonds. The Morgan fingerprint density at radius 1 is 1.26 bits per heavy atom. The molecule has 3 rings (SSSR count). The maximum atomic E-state index is 5.34. The van der Waals surface area contributed by atoms with E-state index in [0.717, 1.165) is 17.1 Å². The fraction of sp³-hybridized carbons (Fsp3) is 0.312. The number of rotatable bonds is 4. The van der Waals surface area contributed by atoms with E-state index in [4.69, 9.17) is 4.74 Å². The lowest BCUT2D eigenvalue weighted by Crippen LogP contribution is -2.06. The Morgan fingerprint density at radius 3 is 2.79 bits per heavy atom. The molecule has 1 fully saturated rings. The van der Waals surface area contributed by atoms with Crippen molar-refractivity contribution in [3.05, 3.63) is 53.9 Å². The van der Waals surface area contributed by atoms with Gasteiger partial charge in [0.25, 0.3) is 0 Å². The normalized spacial score (nSPS) is 20.9. The molecule has 1 aliphatic carbocycles. The number of aryl methyl sites for hydroxylation is 1. The Kier molecular flexibility index (Phi) is 3.11. The van der Waals surface area contributed by atoms with Crippen molar-refractivity contribution in [2.24, 2.45) is 0 Å². The van der Waals surface area contributed by atoms with Gasteiger partial charge in [-0.15, -0.1) is 0 Å². The third-order valence-corrected chi connectivity index (χ3v) is 3.58. The average Bonchev–Trinajstić information content (AvgIpc) is 3.19. The molecular weight excluding hydrogens is 236 g/mol. The van der Waals surface area contributed by atoms with Crippen LogP contribution in [0.15, 0.2) is 42.6 Å². The average molecular weight is 254 g/mol. The van der Waals surface area contributed by atoms with Crippen molar-refractivity contribution >= 4 is 5.69 Å². The van der Waals surface area contributed by atoms with Crippen LogP contribution in [-0.2, 0) is 0 Å². The minimum atomic E-state index is 0.498. The molecule has 1 N–H and O–H groups in total. The van der Waals surface area contributed by atoms with E-state index in [1.807, 2.05) is 13.0 Å². The zero-order valence-corrected chi connectivity index (χ0v) is 11.3. The molecule has 0 radical (unpaired) electrons. The minimum Gasteiger partial charge on any atom is -0.493 e. The lowest BCUT2D eigenvalue weighted by molar-refractivity contribution is 0.414. The van der Waals surface area contributed by atoms with E-state index in [1.54, 1.807) is 13.3 Å². The van der Waals surface area contributed by atoms with Gasteiger partial charge in [0.05, 0.1) is 19.0 Å². The van der Waals surface area contributed by atoms with E-state index in [1.165, 1.54) is 12.0 Å². The summed E-state index contributed by atoms with van der Waals surface area (Å²) in [5, 5.41) is 3.56. The molecule has 0 bridgehead atoms. The fourth-order valence-electron chi connectivity index (χ4n) is 2.45. The second-order valence-corrected chi connectivity index (χ2v) is 5.03. The van der Waals surface area contributed by atoms with Crippen LogP contribution >= 0.6 is 0 Å². The monoisotopic (exact) mass is 254 g/mol. The maximum absolute atomic E-state index is 5.34. The van der Waals surface area contributed by atoms with Gasteiger partial charge >= 0.3 is 0 Å². The number of pyridine rings is 1. The van der Waals surface area contributed by atoms with Crippen molar-refractivity contribution < 1.29 is 4.74 Å². The second kappa shape index (κ2) is 4.92. The molecule has 2 unspecified atom stereocenters. The van der Waals surface area contributed by atoms with E-state index < -0.39 is 0 Å². The Hall–Kier alpha value is -2.03. The van der Waals surface area contributed by atoms with Gasteiger partial charge in [0, 0.05) is 17.7 Å². The highest BCUT2D eigenvalue weighted by atomic mass is 16.5. The summed E-state index contributed by atoms with van der Waals surface area (Å²) in [4.78, 5) is 4.25. The Balaban J connectivity index is 1.73. The molecule has 1 heterocycles. The summed E-state index contributed by atoms with van der Waals surface area (Å²) in [5.41, 5.74) is 3.45. The summed E-state index contributed by atoms with van der Waals surface area (Å²) in [6, 6.07) is 13.2. The first-order valence-electron chi connectivity index (χ1n) is 6.60. The first kappa shape index (κ1) is 12.0. The first-order valence-corrected chi connectivity index (χ1v) is 6.60. The minimum absolute atomic E-state index is 0.498. The molecule has 0 saturated heterocycles. The zero-order chi connectivity index (χ0) is 13.2. The number of nitrogens with zero attached hydrogens (tertiary/aromatic N) is 1. The molecule has 3 heteroatoms. The van der Waals surface area contributed by atoms with Crippen LogP contribution in [0.5, 0.6) is 5.75 Å². The molecule has 1 aliphatic rings. The highest BCUT2D eigenvalue weighted by molar-refractivity contribution is 5.58. The van der Waals surface area contributed by atoms with Crippen molar-refractivity contribution in [3.8, 4) is 5.75 Å². The molecule has 2 aromatic rings. The van der Waals surface area contributed by atoms with Crippen LogP contribution in [0.4, 0.5) is 5.69 Å². The number of anilines is 1. The zero-order valence-electron chi connectivity index (χ0n) is 11.3. The van der Waals surface area contributed by atoms with Crippen molar-refractivity contribution in [2.45, 2.75) is 25.3 Å². The van der Waals surface area contributed by atoms with Gasteiger partial charge in [0.2, 0.25) is 0 Å². The highest BCUT2D eigenvalue weighted by Crippen LogP contribution is 2.43. The molecule has 2 atom stereocenters. The predicted octanol–water partition coefficient (Wildman–Crippen LogP) is 3.37. The van der Waals surface area contributed by atoms with Gasteiger partial charge in [0.15, 0.2) is 5.75 Å². The molecule has 0 spiro atoms. The smallest absolute Gasteiger partial charge is 0.160 e. The molecule has 3 nitrogen and oxygen atoms in total. The number of methoxy groups -OCH3 is 1. The summed E-state index contributed by atoms with van der Waals surface area (Å²) in [5.74, 6) is 1.42. The second-order valence-electron chi connectivity index (χ2n) is 5.03. The molecule has 1 aromatic heterocycles. The van der Waals surface area contributed by atoms with Crippen LogP contribution in [0.1, 0.15) is 23.6 Å². The number of benzene rings is 1. The van der Waals surface area contributed by atoms with E-state index >= 15 is 0 Å². The maximum Gasteiger partial charge on any atom is 0.160 e. The van der Waals surface area contributed by atoms with Gasteiger partial charge < -0.3 is 10.1 Å². The SMILES string of the molecule is COc1cnc(C)cc1NC1CC1c1ccccc1. The topological polar surface area (TPSA) is 34.1 Å². The Bertz CT molecular complexity index is 568. The lowest BCUT2D eigenvalue weighted by Gasteiger charge is -2.11. The van der Waals surface area contributed by atoms with Gasteiger partial charge in [0.1, 0.15) is 0 Å². The van der Waals surface area contributed by atoms with Crippen molar-refractivity contribution in [1.82, 2.24) is 4.98 Å². The molecule has 1 aromatic carbocycles. The van der Waals surface area contributed by atoms with Crippen LogP contribution in [0.2, 0.25) is 0 Å². The molecule has 1 saturated carbocycles. The van der Waals surface area contributed by atoms with E-state index in [-0.39, 0.29) is 0 Å². The molecule has 0 aliphatic heterocycles. The molecule has 19 heavy (non-hydrogen) atoms. The van der Waals surface area contributed by atoms with Crippen molar-refractivity contribution in [2.75, 3.05) is 12.4 Å².